The van der Waals surface area contributed by atoms with Crippen molar-refractivity contribution in [3.8, 4) is 0 Å². The van der Waals surface area contributed by atoms with Crippen LogP contribution < -0.4 is 5.32 Å². The largest absolute Gasteiger partial charge is 0.350 e. The van der Waals surface area contributed by atoms with E-state index in [1.165, 1.54) is 0 Å². The molecule has 2 heterocycles. The van der Waals surface area contributed by atoms with Gasteiger partial charge in [-0.2, -0.15) is 0 Å². The van der Waals surface area contributed by atoms with E-state index in [1.807, 2.05) is 47.8 Å². The monoisotopic (exact) mass is 314 g/mol. The van der Waals surface area contributed by atoms with Gasteiger partial charge in [0.15, 0.2) is 0 Å². The minimum Gasteiger partial charge on any atom is -0.350 e. The number of hydrogen-bond acceptors (Lipinski definition) is 3. The minimum absolute atomic E-state index is 0.0632. The molecule has 1 aliphatic rings. The number of rotatable bonds is 5. The number of carbonyl (C=O) groups excluding carboxylic acids is 2. The summed E-state index contributed by atoms with van der Waals surface area (Å²) in [5, 5.41) is 4.93. The van der Waals surface area contributed by atoms with Crippen molar-refractivity contribution < 1.29 is 9.59 Å². The van der Waals surface area contributed by atoms with Gasteiger partial charge in [0.1, 0.15) is 6.04 Å². The van der Waals surface area contributed by atoms with Crippen LogP contribution in [-0.2, 0) is 22.7 Å². The zero-order valence-electron chi connectivity index (χ0n) is 12.2. The Balaban J connectivity index is 1.61. The molecule has 1 aromatic carbocycles. The molecule has 5 heteroatoms. The van der Waals surface area contributed by atoms with Crippen molar-refractivity contribution in [2.45, 2.75) is 32.0 Å². The fourth-order valence-corrected chi connectivity index (χ4v) is 3.38. The van der Waals surface area contributed by atoms with Crippen LogP contribution in [0.4, 0.5) is 0 Å². The summed E-state index contributed by atoms with van der Waals surface area (Å²) in [4.78, 5) is 27.2. The van der Waals surface area contributed by atoms with Crippen LogP contribution in [0.1, 0.15) is 23.3 Å². The van der Waals surface area contributed by atoms with Crippen molar-refractivity contribution in [1.82, 2.24) is 10.2 Å². The molecule has 22 heavy (non-hydrogen) atoms. The highest BCUT2D eigenvalue weighted by Gasteiger charge is 2.35. The molecular formula is C17H18N2O2S. The maximum atomic E-state index is 12.4. The van der Waals surface area contributed by atoms with E-state index in [0.29, 0.717) is 25.9 Å². The molecule has 2 amide bonds. The number of thiophene rings is 1. The molecule has 1 fully saturated rings. The zero-order chi connectivity index (χ0) is 15.4. The van der Waals surface area contributed by atoms with Gasteiger partial charge in [-0.25, -0.2) is 0 Å². The molecule has 0 spiro atoms. The van der Waals surface area contributed by atoms with Gasteiger partial charge in [-0.15, -0.1) is 11.3 Å². The Morgan fingerprint density at radius 2 is 2.05 bits per heavy atom. The van der Waals surface area contributed by atoms with Crippen LogP contribution in [0, 0.1) is 0 Å². The normalized spacial score (nSPS) is 17.7. The van der Waals surface area contributed by atoms with Crippen molar-refractivity contribution >= 4 is 23.2 Å². The summed E-state index contributed by atoms with van der Waals surface area (Å²) < 4.78 is 0. The van der Waals surface area contributed by atoms with Gasteiger partial charge in [-0.1, -0.05) is 36.4 Å². The maximum Gasteiger partial charge on any atom is 0.243 e. The van der Waals surface area contributed by atoms with E-state index in [1.54, 1.807) is 16.2 Å². The average Bonchev–Trinajstić information content (AvgIpc) is 3.17. The van der Waals surface area contributed by atoms with Crippen LogP contribution in [0.5, 0.6) is 0 Å². The maximum absolute atomic E-state index is 12.4. The highest BCUT2D eigenvalue weighted by atomic mass is 32.1. The lowest BCUT2D eigenvalue weighted by molar-refractivity contribution is -0.135. The topological polar surface area (TPSA) is 49.4 Å². The van der Waals surface area contributed by atoms with Gasteiger partial charge in [-0.3, -0.25) is 9.59 Å². The third-order valence-electron chi connectivity index (χ3n) is 3.85. The van der Waals surface area contributed by atoms with Crippen LogP contribution in [-0.4, -0.2) is 22.8 Å². The molecule has 1 saturated heterocycles. The predicted octanol–water partition coefficient (Wildman–Crippen LogP) is 2.56. The molecule has 114 valence electrons. The molecule has 2 aromatic rings. The summed E-state index contributed by atoms with van der Waals surface area (Å²) in [5.41, 5.74) is 1.06. The zero-order valence-corrected chi connectivity index (χ0v) is 13.0. The number of hydrogen-bond donors (Lipinski definition) is 1. The Kier molecular flexibility index (Phi) is 4.53. The first-order valence-electron chi connectivity index (χ1n) is 7.37. The molecule has 1 N–H and O–H groups in total. The quantitative estimate of drug-likeness (QED) is 0.922. The van der Waals surface area contributed by atoms with Crippen molar-refractivity contribution in [2.24, 2.45) is 0 Å². The lowest BCUT2D eigenvalue weighted by atomic mass is 10.2. The number of likely N-dealkylation sites (tertiary alicyclic amines) is 1. The third-order valence-corrected chi connectivity index (χ3v) is 4.71. The summed E-state index contributed by atoms with van der Waals surface area (Å²) in [6.07, 6.45) is 1.06. The number of nitrogens with one attached hydrogen (secondary N) is 1. The van der Waals surface area contributed by atoms with Crippen molar-refractivity contribution in [3.05, 3.63) is 58.3 Å². The van der Waals surface area contributed by atoms with Crippen molar-refractivity contribution in [2.75, 3.05) is 0 Å². The van der Waals surface area contributed by atoms with E-state index in [9.17, 15) is 9.59 Å². The third kappa shape index (κ3) is 3.36. The summed E-state index contributed by atoms with van der Waals surface area (Å²) in [6.45, 7) is 1.02. The molecule has 1 atom stereocenters. The predicted molar refractivity (Wildman–Crippen MR) is 86.2 cm³/mol. The minimum atomic E-state index is -0.349. The Hall–Kier alpha value is -2.14. The summed E-state index contributed by atoms with van der Waals surface area (Å²) >= 11 is 1.61. The number of amides is 2. The van der Waals surface area contributed by atoms with Gasteiger partial charge < -0.3 is 10.2 Å². The van der Waals surface area contributed by atoms with Crippen LogP contribution >= 0.6 is 11.3 Å². The Labute approximate surface area is 133 Å². The summed E-state index contributed by atoms with van der Waals surface area (Å²) in [7, 11) is 0. The van der Waals surface area contributed by atoms with Crippen LogP contribution in [0.3, 0.4) is 0 Å². The molecule has 0 radical (unpaired) electrons. The van der Waals surface area contributed by atoms with E-state index >= 15 is 0 Å². The van der Waals surface area contributed by atoms with Gasteiger partial charge in [0.05, 0.1) is 6.54 Å². The lowest BCUT2D eigenvalue weighted by Crippen LogP contribution is -2.43. The molecule has 0 saturated carbocycles. The molecule has 3 rings (SSSR count). The molecule has 0 bridgehead atoms. The fourth-order valence-electron chi connectivity index (χ4n) is 2.68. The van der Waals surface area contributed by atoms with E-state index < -0.39 is 0 Å². The van der Waals surface area contributed by atoms with Crippen molar-refractivity contribution in [3.63, 3.8) is 0 Å². The second-order valence-corrected chi connectivity index (χ2v) is 6.39. The SMILES string of the molecule is O=C(NCc1ccccc1)[C@H]1CCC(=O)N1Cc1cccs1. The van der Waals surface area contributed by atoms with E-state index in [2.05, 4.69) is 5.32 Å². The van der Waals surface area contributed by atoms with Gasteiger partial charge in [-0.05, 0) is 23.4 Å². The molecule has 0 unspecified atom stereocenters. The first-order valence-corrected chi connectivity index (χ1v) is 8.25. The molecule has 1 aromatic heterocycles. The number of carbonyl (C=O) groups is 2. The highest BCUT2D eigenvalue weighted by Crippen LogP contribution is 2.23. The first-order chi connectivity index (χ1) is 10.7. The smallest absolute Gasteiger partial charge is 0.243 e. The van der Waals surface area contributed by atoms with E-state index in [-0.39, 0.29) is 17.9 Å². The second-order valence-electron chi connectivity index (χ2n) is 5.36. The standard InChI is InChI=1S/C17H18N2O2S/c20-16-9-8-15(19(16)12-14-7-4-10-22-14)17(21)18-11-13-5-2-1-3-6-13/h1-7,10,15H,8-9,11-12H2,(H,18,21)/t15-/m1/s1. The molecular weight excluding hydrogens is 296 g/mol. The van der Waals surface area contributed by atoms with Crippen LogP contribution in [0.25, 0.3) is 0 Å². The average molecular weight is 314 g/mol. The van der Waals surface area contributed by atoms with Crippen molar-refractivity contribution in [1.29, 1.82) is 0 Å². The fraction of sp³-hybridized carbons (Fsp3) is 0.294. The first kappa shape index (κ1) is 14.8. The highest BCUT2D eigenvalue weighted by molar-refractivity contribution is 7.09. The van der Waals surface area contributed by atoms with Crippen LogP contribution in [0.15, 0.2) is 47.8 Å². The van der Waals surface area contributed by atoms with Gasteiger partial charge in [0.2, 0.25) is 11.8 Å². The van der Waals surface area contributed by atoms with Gasteiger partial charge >= 0.3 is 0 Å². The Bertz CT molecular complexity index is 640. The van der Waals surface area contributed by atoms with E-state index in [4.69, 9.17) is 0 Å². The number of nitrogens with zero attached hydrogens (tertiary/aromatic N) is 1. The van der Waals surface area contributed by atoms with Crippen LogP contribution in [0.2, 0.25) is 0 Å². The molecule has 1 aliphatic heterocycles. The van der Waals surface area contributed by atoms with Gasteiger partial charge in [0, 0.05) is 17.8 Å². The molecule has 4 nitrogen and oxygen atoms in total. The summed E-state index contributed by atoms with van der Waals surface area (Å²) in [5.74, 6) is -0.000444. The Morgan fingerprint density at radius 3 is 2.77 bits per heavy atom. The Morgan fingerprint density at radius 1 is 1.23 bits per heavy atom. The molecule has 0 aliphatic carbocycles. The summed E-state index contributed by atoms with van der Waals surface area (Å²) in [6, 6.07) is 13.4. The van der Waals surface area contributed by atoms with E-state index in [0.717, 1.165) is 10.4 Å². The number of benzene rings is 1. The van der Waals surface area contributed by atoms with Gasteiger partial charge in [0.25, 0.3) is 0 Å². The second kappa shape index (κ2) is 6.75. The lowest BCUT2D eigenvalue weighted by Gasteiger charge is -2.23.